The number of methoxy groups -OCH3 is 2. The van der Waals surface area contributed by atoms with Gasteiger partial charge in [0.1, 0.15) is 17.5 Å². The van der Waals surface area contributed by atoms with Crippen LogP contribution in [-0.4, -0.2) is 96.3 Å². The van der Waals surface area contributed by atoms with Gasteiger partial charge in [0.25, 0.3) is 11.8 Å². The highest BCUT2D eigenvalue weighted by atomic mass is 17.2. The smallest absolute Gasteiger partial charge is 0.351 e. The average molecular weight is 795 g/mol. The summed E-state index contributed by atoms with van der Waals surface area (Å²) in [5, 5.41) is 30.6. The molecule has 1 aliphatic heterocycles. The number of carbonyl (C=O) groups excluding carboxylic acids is 2. The van der Waals surface area contributed by atoms with E-state index in [0.29, 0.717) is 27.8 Å². The average Bonchev–Trinajstić information content (AvgIpc) is 3.52. The number of benzene rings is 4. The van der Waals surface area contributed by atoms with Gasteiger partial charge in [0.05, 0.1) is 26.9 Å². The van der Waals surface area contributed by atoms with Gasteiger partial charge in [-0.05, 0) is 35.7 Å². The molecule has 5 aromatic rings. The Morgan fingerprint density at radius 3 is 1.88 bits per heavy atom. The zero-order chi connectivity index (χ0) is 41.3. The van der Waals surface area contributed by atoms with E-state index in [4.69, 9.17) is 28.7 Å². The molecule has 2 amide bonds. The molecule has 0 radical (unpaired) electrons. The lowest BCUT2D eigenvalue weighted by molar-refractivity contribution is -0.411. The Morgan fingerprint density at radius 1 is 0.862 bits per heavy atom. The van der Waals surface area contributed by atoms with E-state index in [1.54, 1.807) is 37.3 Å². The van der Waals surface area contributed by atoms with E-state index in [-0.39, 0.29) is 19.0 Å². The summed E-state index contributed by atoms with van der Waals surface area (Å²) in [5.74, 6) is -1.65. The third-order valence-electron chi connectivity index (χ3n) is 10.2. The van der Waals surface area contributed by atoms with Crippen LogP contribution in [0.4, 0.5) is 5.82 Å². The van der Waals surface area contributed by atoms with Crippen LogP contribution in [-0.2, 0) is 39.1 Å². The molecule has 0 spiro atoms. The van der Waals surface area contributed by atoms with Crippen molar-refractivity contribution in [3.63, 3.8) is 0 Å². The molecule has 0 aliphatic carbocycles. The first kappa shape index (κ1) is 42.0. The van der Waals surface area contributed by atoms with Crippen molar-refractivity contribution >= 4 is 17.6 Å². The van der Waals surface area contributed by atoms with Crippen LogP contribution < -0.4 is 16.3 Å². The first-order valence-corrected chi connectivity index (χ1v) is 18.4. The zero-order valence-corrected chi connectivity index (χ0v) is 32.4. The van der Waals surface area contributed by atoms with Crippen LogP contribution in [0.15, 0.2) is 132 Å². The lowest BCUT2D eigenvalue weighted by atomic mass is 9.74. The largest absolute Gasteiger partial charge is 0.393 e. The van der Waals surface area contributed by atoms with E-state index in [2.05, 4.69) is 15.6 Å². The topological polar surface area (TPSA) is 189 Å². The zero-order valence-electron chi connectivity index (χ0n) is 32.4. The van der Waals surface area contributed by atoms with Crippen LogP contribution in [0.25, 0.3) is 0 Å². The third-order valence-corrected chi connectivity index (χ3v) is 10.2. The number of aliphatic hydroxyl groups excluding tert-OH is 1. The minimum Gasteiger partial charge on any atom is -0.393 e. The van der Waals surface area contributed by atoms with Gasteiger partial charge in [0.15, 0.2) is 11.8 Å². The molecule has 2 heterocycles. The fourth-order valence-electron chi connectivity index (χ4n) is 7.35. The lowest BCUT2D eigenvalue weighted by Gasteiger charge is -2.45. The Bertz CT molecular complexity index is 2100. The summed E-state index contributed by atoms with van der Waals surface area (Å²) in [6, 6.07) is 35.8. The SMILES string of the molecule is COCCO[C@H]1[C@@H](n2cc(C)c(NC(=O)c3ccccc3)nc2=O)O[C@](CO)(C(OC)OOC)[C@]1(O)C(=O)NC(c1ccccc1)(c1ccccc1)c1ccccc1. The number of ether oxygens (including phenoxy) is 4. The maximum atomic E-state index is 15.6. The first-order valence-electron chi connectivity index (χ1n) is 18.4. The van der Waals surface area contributed by atoms with E-state index in [0.717, 1.165) is 4.57 Å². The van der Waals surface area contributed by atoms with Gasteiger partial charge < -0.3 is 39.8 Å². The van der Waals surface area contributed by atoms with Gasteiger partial charge in [-0.15, -0.1) is 0 Å². The number of hydrogen-bond donors (Lipinski definition) is 4. The predicted molar refractivity (Wildman–Crippen MR) is 210 cm³/mol. The molecule has 1 fully saturated rings. The highest BCUT2D eigenvalue weighted by Gasteiger charge is 2.75. The van der Waals surface area contributed by atoms with E-state index >= 15 is 4.79 Å². The Morgan fingerprint density at radius 2 is 1.40 bits per heavy atom. The number of nitrogens with zero attached hydrogens (tertiary/aromatic N) is 2. The van der Waals surface area contributed by atoms with Gasteiger partial charge in [-0.25, -0.2) is 14.6 Å². The van der Waals surface area contributed by atoms with E-state index in [1.807, 2.05) is 91.0 Å². The molecular formula is C43H46N4O11. The molecular weight excluding hydrogens is 748 g/mol. The minimum absolute atomic E-state index is 0.00601. The second-order valence-corrected chi connectivity index (χ2v) is 13.5. The van der Waals surface area contributed by atoms with Crippen LogP contribution in [0, 0.1) is 6.92 Å². The maximum absolute atomic E-state index is 15.6. The molecule has 15 heteroatoms. The van der Waals surface area contributed by atoms with Crippen LogP contribution >= 0.6 is 0 Å². The molecule has 6 rings (SSSR count). The molecule has 5 atom stereocenters. The normalized spacial score (nSPS) is 21.0. The van der Waals surface area contributed by atoms with E-state index in [1.165, 1.54) is 27.5 Å². The molecule has 1 saturated heterocycles. The number of aryl methyl sites for hydroxylation is 1. The minimum atomic E-state index is -2.96. The highest BCUT2D eigenvalue weighted by Crippen LogP contribution is 2.50. The molecule has 15 nitrogen and oxygen atoms in total. The fraction of sp³-hybridized carbons (Fsp3) is 0.302. The van der Waals surface area contributed by atoms with E-state index < -0.39 is 59.5 Å². The van der Waals surface area contributed by atoms with Gasteiger partial charge in [0, 0.05) is 31.5 Å². The molecule has 1 aliphatic rings. The maximum Gasteiger partial charge on any atom is 0.351 e. The van der Waals surface area contributed by atoms with Gasteiger partial charge in [-0.3, -0.25) is 14.2 Å². The number of amides is 2. The van der Waals surface area contributed by atoms with Gasteiger partial charge in [-0.2, -0.15) is 4.98 Å². The number of hydrogen-bond acceptors (Lipinski definition) is 12. The summed E-state index contributed by atoms with van der Waals surface area (Å²) in [6.07, 6.45) is -3.96. The number of carbonyl (C=O) groups is 2. The van der Waals surface area contributed by atoms with Crippen molar-refractivity contribution in [2.24, 2.45) is 0 Å². The Kier molecular flexibility index (Phi) is 13.3. The predicted octanol–water partition coefficient (Wildman–Crippen LogP) is 3.49. The van der Waals surface area contributed by atoms with Crippen LogP contribution in [0.1, 0.15) is 38.8 Å². The van der Waals surface area contributed by atoms with Crippen molar-refractivity contribution in [2.75, 3.05) is 46.5 Å². The van der Waals surface area contributed by atoms with Gasteiger partial charge >= 0.3 is 5.69 Å². The first-order chi connectivity index (χ1) is 28.1. The summed E-state index contributed by atoms with van der Waals surface area (Å²) in [7, 11) is 3.80. The highest BCUT2D eigenvalue weighted by molar-refractivity contribution is 6.04. The van der Waals surface area contributed by atoms with Crippen molar-refractivity contribution in [2.45, 2.75) is 42.3 Å². The second-order valence-electron chi connectivity index (χ2n) is 13.5. The van der Waals surface area contributed by atoms with Crippen LogP contribution in [0.2, 0.25) is 0 Å². The second kappa shape index (κ2) is 18.3. The molecule has 304 valence electrons. The summed E-state index contributed by atoms with van der Waals surface area (Å²) in [5.41, 5.74) is -5.46. The number of aromatic nitrogens is 2. The summed E-state index contributed by atoms with van der Waals surface area (Å²) < 4.78 is 24.6. The summed E-state index contributed by atoms with van der Waals surface area (Å²) in [4.78, 5) is 57.2. The van der Waals surface area contributed by atoms with Crippen molar-refractivity contribution in [1.82, 2.24) is 14.9 Å². The number of nitrogens with one attached hydrogen (secondary N) is 2. The number of rotatable bonds is 17. The molecule has 4 N–H and O–H groups in total. The van der Waals surface area contributed by atoms with Crippen molar-refractivity contribution in [3.05, 3.63) is 166 Å². The summed E-state index contributed by atoms with van der Waals surface area (Å²) >= 11 is 0. The standard InChI is InChI=1S/C43H46N4O11/c1-29-27-47(40(51)45-35(29)44-36(49)30-17-9-5-10-18-30)37-34(56-26-25-53-2)43(52,41(28-48,57-37)39(54-3)58-55-4)38(50)46-42(31-19-11-6-12-20-31,32-21-13-7-14-22-32)33-23-15-8-16-24-33/h5-24,27,34,37,39,48,52H,25-26,28H2,1-4H3,(H,46,50)(H,44,45,49,51)/t34-,37-,39?,41+,43+/m0/s1. The van der Waals surface area contributed by atoms with Crippen molar-refractivity contribution < 1.29 is 48.5 Å². The van der Waals surface area contributed by atoms with Gasteiger partial charge in [0.2, 0.25) is 11.9 Å². The van der Waals surface area contributed by atoms with Crippen LogP contribution in [0.5, 0.6) is 0 Å². The van der Waals surface area contributed by atoms with Crippen molar-refractivity contribution in [1.29, 1.82) is 0 Å². The monoisotopic (exact) mass is 794 g/mol. The quantitative estimate of drug-likeness (QED) is 0.0353. The molecule has 1 unspecified atom stereocenters. The van der Waals surface area contributed by atoms with E-state index in [9.17, 15) is 19.8 Å². The molecule has 58 heavy (non-hydrogen) atoms. The number of anilines is 1. The van der Waals surface area contributed by atoms with Gasteiger partial charge in [-0.1, -0.05) is 109 Å². The lowest BCUT2D eigenvalue weighted by Crippen LogP contribution is -2.73. The Labute approximate surface area is 335 Å². The molecule has 1 aromatic heterocycles. The Hall–Kier alpha value is -5.62. The molecule has 4 aromatic carbocycles. The third kappa shape index (κ3) is 7.69. The van der Waals surface area contributed by atoms with Crippen molar-refractivity contribution in [3.8, 4) is 0 Å². The fourth-order valence-corrected chi connectivity index (χ4v) is 7.35. The molecule has 0 bridgehead atoms. The Balaban J connectivity index is 1.55. The number of aliphatic hydroxyl groups is 2. The molecule has 0 saturated carbocycles. The summed E-state index contributed by atoms with van der Waals surface area (Å²) in [6.45, 7) is 0.251. The van der Waals surface area contributed by atoms with Crippen LogP contribution in [0.3, 0.4) is 0 Å².